The van der Waals surface area contributed by atoms with Gasteiger partial charge < -0.3 is 15.1 Å². The molecule has 122 valence electrons. The van der Waals surface area contributed by atoms with Crippen LogP contribution in [0.1, 0.15) is 0 Å². The van der Waals surface area contributed by atoms with E-state index in [0.717, 1.165) is 0 Å². The minimum absolute atomic E-state index is 0.315. The van der Waals surface area contributed by atoms with E-state index in [1.54, 1.807) is 37.4 Å². The van der Waals surface area contributed by atoms with Gasteiger partial charge in [0, 0.05) is 29.5 Å². The first-order valence-corrected chi connectivity index (χ1v) is 7.29. The number of nitrogens with zero attached hydrogens (tertiary/aromatic N) is 1. The van der Waals surface area contributed by atoms with Gasteiger partial charge in [0.25, 0.3) is 0 Å². The lowest BCUT2D eigenvalue weighted by Crippen LogP contribution is -2.29. The summed E-state index contributed by atoms with van der Waals surface area (Å²) in [6.45, 7) is 0. The van der Waals surface area contributed by atoms with Crippen molar-refractivity contribution in [2.75, 3.05) is 10.6 Å². The molecule has 2 amide bonds. The van der Waals surface area contributed by atoms with Crippen LogP contribution in [0.2, 0.25) is 5.02 Å². The summed E-state index contributed by atoms with van der Waals surface area (Å²) in [6, 6.07) is 11.1. The Hall–Kier alpha value is -3.06. The van der Waals surface area contributed by atoms with Crippen LogP contribution in [0.25, 0.3) is 11.1 Å². The lowest BCUT2D eigenvalue weighted by Gasteiger charge is -2.07. The number of oxazole rings is 1. The highest BCUT2D eigenvalue weighted by Crippen LogP contribution is 2.18. The van der Waals surface area contributed by atoms with Crippen molar-refractivity contribution < 1.29 is 14.0 Å². The van der Waals surface area contributed by atoms with Gasteiger partial charge in [-0.2, -0.15) is 0 Å². The summed E-state index contributed by atoms with van der Waals surface area (Å²) in [5, 5.41) is 5.32. The number of hydrogen-bond acceptors (Lipinski definition) is 4. The van der Waals surface area contributed by atoms with Crippen molar-refractivity contribution in [3.05, 3.63) is 58.0 Å². The molecular formula is C16H12ClN3O4. The first-order chi connectivity index (χ1) is 11.4. The molecular weight excluding hydrogens is 334 g/mol. The van der Waals surface area contributed by atoms with Gasteiger partial charge in [0.15, 0.2) is 5.58 Å². The summed E-state index contributed by atoms with van der Waals surface area (Å²) in [5.74, 6) is -2.20. The van der Waals surface area contributed by atoms with Crippen molar-refractivity contribution in [1.82, 2.24) is 4.57 Å². The number of amides is 2. The van der Waals surface area contributed by atoms with E-state index in [1.165, 1.54) is 16.7 Å². The second kappa shape index (κ2) is 6.21. The maximum atomic E-state index is 12.0. The van der Waals surface area contributed by atoms with Gasteiger partial charge in [0.2, 0.25) is 0 Å². The van der Waals surface area contributed by atoms with Gasteiger partial charge in [-0.15, -0.1) is 0 Å². The van der Waals surface area contributed by atoms with E-state index in [0.29, 0.717) is 27.5 Å². The van der Waals surface area contributed by atoms with Crippen LogP contribution in [0.3, 0.4) is 0 Å². The van der Waals surface area contributed by atoms with Crippen LogP contribution in [0.15, 0.2) is 51.7 Å². The van der Waals surface area contributed by atoms with Crippen LogP contribution in [0, 0.1) is 0 Å². The Morgan fingerprint density at radius 1 is 1.04 bits per heavy atom. The van der Waals surface area contributed by atoms with Crippen molar-refractivity contribution in [3.8, 4) is 0 Å². The van der Waals surface area contributed by atoms with Crippen molar-refractivity contribution in [2.24, 2.45) is 7.05 Å². The number of aryl methyl sites for hydroxylation is 1. The van der Waals surface area contributed by atoms with E-state index < -0.39 is 17.6 Å². The molecule has 3 rings (SSSR count). The summed E-state index contributed by atoms with van der Waals surface area (Å²) in [6.07, 6.45) is 0. The fourth-order valence-corrected chi connectivity index (χ4v) is 2.34. The zero-order valence-corrected chi connectivity index (χ0v) is 13.3. The molecule has 0 aliphatic rings. The quantitative estimate of drug-likeness (QED) is 0.697. The van der Waals surface area contributed by atoms with Gasteiger partial charge >= 0.3 is 17.6 Å². The van der Waals surface area contributed by atoms with E-state index in [4.69, 9.17) is 16.0 Å². The first kappa shape index (κ1) is 15.8. The average Bonchev–Trinajstić information content (AvgIpc) is 2.81. The molecule has 0 atom stereocenters. The Bertz CT molecular complexity index is 1010. The molecule has 0 unspecified atom stereocenters. The number of aromatic nitrogens is 1. The van der Waals surface area contributed by atoms with Gasteiger partial charge in [-0.25, -0.2) is 4.79 Å². The smallest absolute Gasteiger partial charge is 0.408 e. The normalized spacial score (nSPS) is 10.6. The number of benzene rings is 2. The summed E-state index contributed by atoms with van der Waals surface area (Å²) in [4.78, 5) is 35.3. The van der Waals surface area contributed by atoms with E-state index in [1.807, 2.05) is 0 Å². The molecule has 0 bridgehead atoms. The second-order valence-electron chi connectivity index (χ2n) is 5.03. The van der Waals surface area contributed by atoms with Crippen molar-refractivity contribution in [2.45, 2.75) is 0 Å². The van der Waals surface area contributed by atoms with Crippen LogP contribution in [0.5, 0.6) is 0 Å². The Morgan fingerprint density at radius 3 is 2.38 bits per heavy atom. The highest BCUT2D eigenvalue weighted by Gasteiger charge is 2.15. The maximum absolute atomic E-state index is 12.0. The Kier molecular flexibility index (Phi) is 4.09. The molecule has 0 saturated heterocycles. The third-order valence-corrected chi connectivity index (χ3v) is 3.57. The summed E-state index contributed by atoms with van der Waals surface area (Å²) >= 11 is 5.82. The van der Waals surface area contributed by atoms with Gasteiger partial charge in [-0.05, 0) is 30.3 Å². The fourth-order valence-electron chi connectivity index (χ4n) is 2.15. The van der Waals surface area contributed by atoms with E-state index in [2.05, 4.69) is 10.6 Å². The summed E-state index contributed by atoms with van der Waals surface area (Å²) < 4.78 is 6.37. The molecule has 24 heavy (non-hydrogen) atoms. The van der Waals surface area contributed by atoms with Crippen LogP contribution in [0.4, 0.5) is 11.4 Å². The molecule has 2 aromatic carbocycles. The molecule has 0 saturated carbocycles. The number of carbonyl (C=O) groups is 2. The zero-order valence-electron chi connectivity index (χ0n) is 12.5. The van der Waals surface area contributed by atoms with Crippen molar-refractivity contribution in [3.63, 3.8) is 0 Å². The third kappa shape index (κ3) is 3.16. The molecule has 8 heteroatoms. The lowest BCUT2D eigenvalue weighted by molar-refractivity contribution is -0.132. The van der Waals surface area contributed by atoms with Gasteiger partial charge in [0.05, 0.1) is 5.52 Å². The second-order valence-corrected chi connectivity index (χ2v) is 5.46. The molecule has 7 nitrogen and oxygen atoms in total. The predicted molar refractivity (Wildman–Crippen MR) is 90.2 cm³/mol. The lowest BCUT2D eigenvalue weighted by atomic mass is 10.2. The fraction of sp³-hybridized carbons (Fsp3) is 0.0625. The average molecular weight is 346 g/mol. The van der Waals surface area contributed by atoms with Crippen LogP contribution in [-0.4, -0.2) is 16.4 Å². The van der Waals surface area contributed by atoms with Crippen molar-refractivity contribution >= 4 is 45.9 Å². The Morgan fingerprint density at radius 2 is 1.71 bits per heavy atom. The van der Waals surface area contributed by atoms with E-state index in [-0.39, 0.29) is 0 Å². The molecule has 0 fully saturated rings. The number of carbonyl (C=O) groups excluding carboxylic acids is 2. The third-order valence-electron chi connectivity index (χ3n) is 3.34. The molecule has 3 aromatic rings. The minimum Gasteiger partial charge on any atom is -0.408 e. The van der Waals surface area contributed by atoms with E-state index >= 15 is 0 Å². The van der Waals surface area contributed by atoms with Crippen LogP contribution < -0.4 is 16.4 Å². The van der Waals surface area contributed by atoms with Crippen LogP contribution >= 0.6 is 11.6 Å². The molecule has 1 aromatic heterocycles. The molecule has 0 aliphatic carbocycles. The number of fused-ring (bicyclic) bond motifs is 1. The minimum atomic E-state index is -0.854. The number of rotatable bonds is 2. The standard InChI is InChI=1S/C16H12ClN3O4/c1-20-12-6-5-11(8-13(12)24-16(20)23)19-15(22)14(21)18-10-4-2-3-9(17)7-10/h2-8H,1H3,(H,18,21)(H,19,22). The maximum Gasteiger partial charge on any atom is 0.419 e. The number of anilines is 2. The zero-order chi connectivity index (χ0) is 17.3. The summed E-state index contributed by atoms with van der Waals surface area (Å²) in [7, 11) is 1.57. The molecule has 2 N–H and O–H groups in total. The van der Waals surface area contributed by atoms with Gasteiger partial charge in [-0.1, -0.05) is 17.7 Å². The number of nitrogens with one attached hydrogen (secondary N) is 2. The molecule has 0 radical (unpaired) electrons. The van der Waals surface area contributed by atoms with Gasteiger partial charge in [0.1, 0.15) is 0 Å². The van der Waals surface area contributed by atoms with Crippen molar-refractivity contribution in [1.29, 1.82) is 0 Å². The SMILES string of the molecule is Cn1c(=O)oc2cc(NC(=O)C(=O)Nc3cccc(Cl)c3)ccc21. The van der Waals surface area contributed by atoms with E-state index in [9.17, 15) is 14.4 Å². The number of hydrogen-bond donors (Lipinski definition) is 2. The highest BCUT2D eigenvalue weighted by atomic mass is 35.5. The van der Waals surface area contributed by atoms with Gasteiger partial charge in [-0.3, -0.25) is 14.2 Å². The molecule has 0 aliphatic heterocycles. The monoisotopic (exact) mass is 345 g/mol. The molecule has 0 spiro atoms. The number of halogens is 1. The Labute approximate surface area is 140 Å². The van der Waals surface area contributed by atoms with Crippen LogP contribution in [-0.2, 0) is 16.6 Å². The highest BCUT2D eigenvalue weighted by molar-refractivity contribution is 6.43. The topological polar surface area (TPSA) is 93.3 Å². The summed E-state index contributed by atoms with van der Waals surface area (Å²) in [5.41, 5.74) is 1.65. The predicted octanol–water partition coefficient (Wildman–Crippen LogP) is 2.36. The largest absolute Gasteiger partial charge is 0.419 e. The Balaban J connectivity index is 1.74. The first-order valence-electron chi connectivity index (χ1n) is 6.91. The molecule has 1 heterocycles.